The van der Waals surface area contributed by atoms with Gasteiger partial charge in [-0.2, -0.15) is 0 Å². The van der Waals surface area contributed by atoms with Gasteiger partial charge in [-0.05, 0) is 31.0 Å². The van der Waals surface area contributed by atoms with Gasteiger partial charge in [0.15, 0.2) is 0 Å². The Morgan fingerprint density at radius 2 is 1.95 bits per heavy atom. The third kappa shape index (κ3) is 2.49. The standard InChI is InChI=1S/C14H13ClFNO4/c15-6-1-2-8(7(16)5-6)17-13(18)11-9-3-4-10(21-9)12(11)14(19)20/h1-2,5,9-12H,3-4H2,(H,17,18)(H,19,20)/t9-,10+,11-,12+/m1/s1. The van der Waals surface area contributed by atoms with Crippen molar-refractivity contribution in [3.8, 4) is 0 Å². The van der Waals surface area contributed by atoms with Gasteiger partial charge in [-0.1, -0.05) is 11.6 Å². The molecule has 2 aliphatic heterocycles. The lowest BCUT2D eigenvalue weighted by Crippen LogP contribution is -2.41. The lowest BCUT2D eigenvalue weighted by molar-refractivity contribution is -0.147. The molecule has 112 valence electrons. The third-order valence-electron chi connectivity index (χ3n) is 4.05. The van der Waals surface area contributed by atoms with Crippen LogP contribution < -0.4 is 5.32 Å². The van der Waals surface area contributed by atoms with Crippen LogP contribution in [0.3, 0.4) is 0 Å². The van der Waals surface area contributed by atoms with Crippen LogP contribution in [0.25, 0.3) is 0 Å². The van der Waals surface area contributed by atoms with Crippen LogP contribution in [0.4, 0.5) is 10.1 Å². The molecular formula is C14H13ClFNO4. The van der Waals surface area contributed by atoms with Crippen LogP contribution in [0.15, 0.2) is 18.2 Å². The number of anilines is 1. The number of carbonyl (C=O) groups is 2. The molecule has 2 fully saturated rings. The number of aliphatic carboxylic acids is 1. The van der Waals surface area contributed by atoms with Crippen molar-refractivity contribution in [1.82, 2.24) is 0 Å². The van der Waals surface area contributed by atoms with E-state index in [0.717, 1.165) is 6.07 Å². The van der Waals surface area contributed by atoms with E-state index in [1.807, 2.05) is 0 Å². The minimum absolute atomic E-state index is 0.0173. The number of fused-ring (bicyclic) bond motifs is 2. The van der Waals surface area contributed by atoms with Crippen LogP contribution in [0.5, 0.6) is 0 Å². The first kappa shape index (κ1) is 14.3. The smallest absolute Gasteiger partial charge is 0.310 e. The molecule has 1 aromatic carbocycles. The summed E-state index contributed by atoms with van der Waals surface area (Å²) in [5.41, 5.74) is -0.0173. The first-order valence-electron chi connectivity index (χ1n) is 6.61. The molecule has 0 unspecified atom stereocenters. The Labute approximate surface area is 125 Å². The van der Waals surface area contributed by atoms with Crippen molar-refractivity contribution in [2.45, 2.75) is 25.0 Å². The predicted octanol–water partition coefficient (Wildman–Crippen LogP) is 2.30. The van der Waals surface area contributed by atoms with E-state index in [2.05, 4.69) is 5.32 Å². The van der Waals surface area contributed by atoms with E-state index in [0.29, 0.717) is 12.8 Å². The Morgan fingerprint density at radius 3 is 2.57 bits per heavy atom. The molecular weight excluding hydrogens is 301 g/mol. The lowest BCUT2D eigenvalue weighted by Gasteiger charge is -2.23. The minimum Gasteiger partial charge on any atom is -0.481 e. The number of carboxylic acids is 1. The molecule has 4 atom stereocenters. The molecule has 3 rings (SSSR count). The zero-order chi connectivity index (χ0) is 15.1. The summed E-state index contributed by atoms with van der Waals surface area (Å²) in [6.45, 7) is 0. The second kappa shape index (κ2) is 5.27. The highest BCUT2D eigenvalue weighted by molar-refractivity contribution is 6.30. The topological polar surface area (TPSA) is 75.6 Å². The van der Waals surface area contributed by atoms with Crippen LogP contribution in [0, 0.1) is 17.7 Å². The van der Waals surface area contributed by atoms with Gasteiger partial charge >= 0.3 is 5.97 Å². The number of carbonyl (C=O) groups excluding carboxylic acids is 1. The molecule has 1 amide bonds. The van der Waals surface area contributed by atoms with Gasteiger partial charge in [0.05, 0.1) is 29.7 Å². The first-order valence-corrected chi connectivity index (χ1v) is 6.99. The molecule has 1 aromatic rings. The molecule has 2 aliphatic rings. The Hall–Kier alpha value is -1.66. The molecule has 7 heteroatoms. The molecule has 0 saturated carbocycles. The van der Waals surface area contributed by atoms with Gasteiger partial charge < -0.3 is 15.2 Å². The van der Waals surface area contributed by atoms with Crippen molar-refractivity contribution in [3.63, 3.8) is 0 Å². The van der Waals surface area contributed by atoms with E-state index in [9.17, 15) is 19.1 Å². The van der Waals surface area contributed by atoms with E-state index in [1.165, 1.54) is 12.1 Å². The fourth-order valence-corrected chi connectivity index (χ4v) is 3.29. The summed E-state index contributed by atoms with van der Waals surface area (Å²) in [6, 6.07) is 3.88. The van der Waals surface area contributed by atoms with Gasteiger partial charge in [0, 0.05) is 5.02 Å². The van der Waals surface area contributed by atoms with Crippen molar-refractivity contribution in [2.75, 3.05) is 5.32 Å². The maximum Gasteiger partial charge on any atom is 0.310 e. The second-order valence-electron chi connectivity index (χ2n) is 5.29. The summed E-state index contributed by atoms with van der Waals surface area (Å²) < 4.78 is 19.2. The summed E-state index contributed by atoms with van der Waals surface area (Å²) in [5, 5.41) is 11.9. The van der Waals surface area contributed by atoms with E-state index >= 15 is 0 Å². The summed E-state index contributed by atoms with van der Waals surface area (Å²) in [5.74, 6) is -3.92. The number of hydrogen-bond acceptors (Lipinski definition) is 3. The number of halogens is 2. The van der Waals surface area contributed by atoms with Gasteiger partial charge in [0.2, 0.25) is 5.91 Å². The van der Waals surface area contributed by atoms with E-state index in [-0.39, 0.29) is 10.7 Å². The Bertz CT molecular complexity index is 609. The maximum atomic E-state index is 13.7. The highest BCUT2D eigenvalue weighted by Gasteiger charge is 2.55. The zero-order valence-electron chi connectivity index (χ0n) is 10.9. The first-order chi connectivity index (χ1) is 9.97. The van der Waals surface area contributed by atoms with Gasteiger partial charge in [0.1, 0.15) is 5.82 Å². The fourth-order valence-electron chi connectivity index (χ4n) is 3.13. The highest BCUT2D eigenvalue weighted by atomic mass is 35.5. The average molecular weight is 314 g/mol. The normalized spacial score (nSPS) is 30.4. The van der Waals surface area contributed by atoms with E-state index < -0.39 is 41.7 Å². The summed E-state index contributed by atoms with van der Waals surface area (Å²) in [4.78, 5) is 23.6. The van der Waals surface area contributed by atoms with E-state index in [1.54, 1.807) is 0 Å². The molecule has 2 heterocycles. The SMILES string of the molecule is O=C(O)[C@@H]1[C@H](C(=O)Nc2ccc(Cl)cc2F)[C@H]2CC[C@@H]1O2. The maximum absolute atomic E-state index is 13.7. The number of hydrogen-bond donors (Lipinski definition) is 2. The van der Waals surface area contributed by atoms with Crippen LogP contribution in [-0.4, -0.2) is 29.2 Å². The molecule has 0 radical (unpaired) electrons. The largest absolute Gasteiger partial charge is 0.481 e. The molecule has 0 aromatic heterocycles. The average Bonchev–Trinajstić information content (AvgIpc) is 3.02. The summed E-state index contributed by atoms with van der Waals surface area (Å²) in [7, 11) is 0. The number of benzene rings is 1. The van der Waals surface area contributed by atoms with Crippen molar-refractivity contribution < 1.29 is 23.8 Å². The number of carboxylic acid groups (broad SMARTS) is 1. The number of ether oxygens (including phenoxy) is 1. The molecule has 5 nitrogen and oxygen atoms in total. The Morgan fingerprint density at radius 1 is 1.29 bits per heavy atom. The summed E-state index contributed by atoms with van der Waals surface area (Å²) >= 11 is 5.65. The molecule has 0 aliphatic carbocycles. The van der Waals surface area contributed by atoms with Crippen molar-refractivity contribution >= 4 is 29.2 Å². The number of rotatable bonds is 3. The van der Waals surface area contributed by atoms with Crippen molar-refractivity contribution in [1.29, 1.82) is 0 Å². The Kier molecular flexibility index (Phi) is 3.59. The number of nitrogens with one attached hydrogen (secondary N) is 1. The Balaban J connectivity index is 1.80. The van der Waals surface area contributed by atoms with Gasteiger partial charge in [-0.3, -0.25) is 9.59 Å². The fraction of sp³-hybridized carbons (Fsp3) is 0.429. The van der Waals surface area contributed by atoms with Gasteiger partial charge in [-0.25, -0.2) is 4.39 Å². The quantitative estimate of drug-likeness (QED) is 0.898. The second-order valence-corrected chi connectivity index (χ2v) is 5.73. The molecule has 0 spiro atoms. The van der Waals surface area contributed by atoms with Gasteiger partial charge in [0.25, 0.3) is 0 Å². The highest BCUT2D eigenvalue weighted by Crippen LogP contribution is 2.44. The third-order valence-corrected chi connectivity index (χ3v) is 4.29. The van der Waals surface area contributed by atoms with Crippen LogP contribution in [0.1, 0.15) is 12.8 Å². The van der Waals surface area contributed by atoms with Crippen molar-refractivity contribution in [2.24, 2.45) is 11.8 Å². The zero-order valence-corrected chi connectivity index (χ0v) is 11.6. The van der Waals surface area contributed by atoms with Crippen molar-refractivity contribution in [3.05, 3.63) is 29.0 Å². The lowest BCUT2D eigenvalue weighted by atomic mass is 9.78. The molecule has 2 saturated heterocycles. The molecule has 2 N–H and O–H groups in total. The van der Waals surface area contributed by atoms with Gasteiger partial charge in [-0.15, -0.1) is 0 Å². The summed E-state index contributed by atoms with van der Waals surface area (Å²) in [6.07, 6.45) is 0.445. The number of amides is 1. The predicted molar refractivity (Wildman–Crippen MR) is 72.6 cm³/mol. The molecule has 21 heavy (non-hydrogen) atoms. The van der Waals surface area contributed by atoms with Crippen LogP contribution in [0.2, 0.25) is 5.02 Å². The monoisotopic (exact) mass is 313 g/mol. The van der Waals surface area contributed by atoms with E-state index in [4.69, 9.17) is 16.3 Å². The molecule has 2 bridgehead atoms. The van der Waals surface area contributed by atoms with Crippen LogP contribution >= 0.6 is 11.6 Å². The minimum atomic E-state index is -1.06. The van der Waals surface area contributed by atoms with Crippen LogP contribution in [-0.2, 0) is 14.3 Å².